The van der Waals surface area contributed by atoms with Crippen molar-refractivity contribution >= 4 is 5.91 Å². The van der Waals surface area contributed by atoms with Crippen molar-refractivity contribution in [2.75, 3.05) is 19.8 Å². The number of hydrogen-bond acceptors (Lipinski definition) is 4. The van der Waals surface area contributed by atoms with E-state index in [-0.39, 0.29) is 11.8 Å². The molecule has 1 aliphatic heterocycles. The Morgan fingerprint density at radius 1 is 1.22 bits per heavy atom. The number of nitrogens with zero attached hydrogens (tertiary/aromatic N) is 3. The summed E-state index contributed by atoms with van der Waals surface area (Å²) >= 11 is 0. The van der Waals surface area contributed by atoms with Gasteiger partial charge in [-0.2, -0.15) is 0 Å². The molecule has 1 aliphatic carbocycles. The van der Waals surface area contributed by atoms with E-state index in [1.165, 1.54) is 32.1 Å². The Labute approximate surface area is 138 Å². The standard InChI is InChI=1S/C17H28N4O2/c22-17(14-6-4-2-1-3-5-7-14)18-10-8-15-12-21(20-19-15)16-9-11-23-13-16/h12,14,16H,1-11,13H2,(H,18,22). The highest BCUT2D eigenvalue weighted by atomic mass is 16.5. The van der Waals surface area contributed by atoms with Crippen molar-refractivity contribution in [3.05, 3.63) is 11.9 Å². The van der Waals surface area contributed by atoms with Crippen molar-refractivity contribution in [2.24, 2.45) is 5.92 Å². The van der Waals surface area contributed by atoms with Crippen molar-refractivity contribution in [1.29, 1.82) is 0 Å². The van der Waals surface area contributed by atoms with Gasteiger partial charge in [-0.15, -0.1) is 5.10 Å². The summed E-state index contributed by atoms with van der Waals surface area (Å²) in [5.74, 6) is 0.435. The fraction of sp³-hybridized carbons (Fsp3) is 0.824. The van der Waals surface area contributed by atoms with E-state index in [2.05, 4.69) is 15.6 Å². The first-order valence-electron chi connectivity index (χ1n) is 9.09. The van der Waals surface area contributed by atoms with E-state index in [4.69, 9.17) is 4.74 Å². The molecule has 2 heterocycles. The average molecular weight is 320 g/mol. The minimum absolute atomic E-state index is 0.210. The molecule has 0 spiro atoms. The van der Waals surface area contributed by atoms with Gasteiger partial charge in [0.25, 0.3) is 0 Å². The molecule has 1 amide bonds. The van der Waals surface area contributed by atoms with Crippen molar-refractivity contribution < 1.29 is 9.53 Å². The van der Waals surface area contributed by atoms with Crippen molar-refractivity contribution in [1.82, 2.24) is 20.3 Å². The Balaban J connectivity index is 1.40. The summed E-state index contributed by atoms with van der Waals surface area (Å²) in [6.45, 7) is 2.17. The summed E-state index contributed by atoms with van der Waals surface area (Å²) in [5.41, 5.74) is 0.940. The number of carbonyl (C=O) groups excluding carboxylic acids is 1. The minimum atomic E-state index is 0.210. The van der Waals surface area contributed by atoms with Crippen LogP contribution < -0.4 is 5.32 Å². The van der Waals surface area contributed by atoms with Gasteiger partial charge in [0.05, 0.1) is 18.3 Å². The van der Waals surface area contributed by atoms with Crippen LogP contribution in [0.1, 0.15) is 63.1 Å². The Hall–Kier alpha value is -1.43. The predicted octanol–water partition coefficient (Wildman–Crippen LogP) is 2.26. The van der Waals surface area contributed by atoms with Crippen molar-refractivity contribution in [3.63, 3.8) is 0 Å². The van der Waals surface area contributed by atoms with Gasteiger partial charge in [0.15, 0.2) is 0 Å². The van der Waals surface area contributed by atoms with Gasteiger partial charge in [0.1, 0.15) is 0 Å². The molecule has 1 N–H and O–H groups in total. The maximum atomic E-state index is 12.3. The molecule has 1 saturated carbocycles. The molecule has 1 aromatic heterocycles. The Morgan fingerprint density at radius 2 is 2.00 bits per heavy atom. The van der Waals surface area contributed by atoms with Crippen LogP contribution in [-0.4, -0.2) is 40.7 Å². The van der Waals surface area contributed by atoms with Gasteiger partial charge >= 0.3 is 0 Å². The van der Waals surface area contributed by atoms with Crippen LogP contribution in [0.2, 0.25) is 0 Å². The van der Waals surface area contributed by atoms with Crippen molar-refractivity contribution in [2.45, 2.75) is 63.8 Å². The number of amides is 1. The highest BCUT2D eigenvalue weighted by Gasteiger charge is 2.20. The zero-order valence-corrected chi connectivity index (χ0v) is 13.9. The lowest BCUT2D eigenvalue weighted by molar-refractivity contribution is -0.125. The summed E-state index contributed by atoms with van der Waals surface area (Å²) in [6, 6.07) is 0.320. The summed E-state index contributed by atoms with van der Waals surface area (Å²) in [5, 5.41) is 11.5. The lowest BCUT2D eigenvalue weighted by atomic mass is 9.90. The van der Waals surface area contributed by atoms with Crippen LogP contribution in [0.15, 0.2) is 6.20 Å². The maximum Gasteiger partial charge on any atom is 0.223 e. The molecule has 6 heteroatoms. The van der Waals surface area contributed by atoms with Gasteiger partial charge in [-0.05, 0) is 19.3 Å². The highest BCUT2D eigenvalue weighted by molar-refractivity contribution is 5.78. The molecule has 0 aromatic carbocycles. The van der Waals surface area contributed by atoms with Crippen molar-refractivity contribution in [3.8, 4) is 0 Å². The Bertz CT molecular complexity index is 489. The smallest absolute Gasteiger partial charge is 0.223 e. The van der Waals surface area contributed by atoms with Gasteiger partial charge in [0, 0.05) is 31.7 Å². The van der Waals surface area contributed by atoms with E-state index in [0.717, 1.165) is 44.6 Å². The fourth-order valence-corrected chi connectivity index (χ4v) is 3.51. The number of carbonyl (C=O) groups is 1. The third kappa shape index (κ3) is 4.77. The number of hydrogen-bond donors (Lipinski definition) is 1. The van der Waals surface area contributed by atoms with E-state index in [1.54, 1.807) is 0 Å². The molecule has 2 aliphatic rings. The SMILES string of the molecule is O=C(NCCc1cn(C2CCOC2)nn1)C1CCCCCCC1. The molecule has 6 nitrogen and oxygen atoms in total. The quantitative estimate of drug-likeness (QED) is 0.903. The first kappa shape index (κ1) is 16.4. The number of nitrogens with one attached hydrogen (secondary N) is 1. The van der Waals surface area contributed by atoms with Crippen LogP contribution in [0.5, 0.6) is 0 Å². The van der Waals surface area contributed by atoms with E-state index in [9.17, 15) is 4.79 Å². The number of ether oxygens (including phenoxy) is 1. The fourth-order valence-electron chi connectivity index (χ4n) is 3.51. The van der Waals surface area contributed by atoms with Crippen LogP contribution >= 0.6 is 0 Å². The average Bonchev–Trinajstić information content (AvgIpc) is 3.17. The molecule has 1 unspecified atom stereocenters. The molecule has 128 valence electrons. The van der Waals surface area contributed by atoms with E-state index < -0.39 is 0 Å². The number of aromatic nitrogens is 3. The maximum absolute atomic E-state index is 12.3. The zero-order chi connectivity index (χ0) is 15.9. The van der Waals surface area contributed by atoms with Gasteiger partial charge in [-0.1, -0.05) is 37.3 Å². The second kappa shape index (κ2) is 8.43. The predicted molar refractivity (Wildman–Crippen MR) is 87.0 cm³/mol. The van der Waals surface area contributed by atoms with E-state index in [0.29, 0.717) is 12.6 Å². The van der Waals surface area contributed by atoms with E-state index >= 15 is 0 Å². The van der Waals surface area contributed by atoms with Crippen LogP contribution in [0.3, 0.4) is 0 Å². The molecular weight excluding hydrogens is 292 g/mol. The second-order valence-corrected chi connectivity index (χ2v) is 6.79. The lowest BCUT2D eigenvalue weighted by Gasteiger charge is -2.18. The molecule has 23 heavy (non-hydrogen) atoms. The molecule has 1 saturated heterocycles. The monoisotopic (exact) mass is 320 g/mol. The van der Waals surface area contributed by atoms with Crippen LogP contribution in [-0.2, 0) is 16.0 Å². The number of rotatable bonds is 5. The topological polar surface area (TPSA) is 69.0 Å². The summed E-state index contributed by atoms with van der Waals surface area (Å²) in [7, 11) is 0. The van der Waals surface area contributed by atoms with Gasteiger partial charge in [-0.3, -0.25) is 4.79 Å². The Kier molecular flexibility index (Phi) is 6.02. The van der Waals surface area contributed by atoms with Crippen LogP contribution in [0.4, 0.5) is 0 Å². The van der Waals surface area contributed by atoms with Gasteiger partial charge in [-0.25, -0.2) is 4.68 Å². The lowest BCUT2D eigenvalue weighted by Crippen LogP contribution is -2.32. The molecule has 0 radical (unpaired) electrons. The zero-order valence-electron chi connectivity index (χ0n) is 13.9. The molecule has 1 aromatic rings. The third-order valence-electron chi connectivity index (χ3n) is 4.99. The summed E-state index contributed by atoms with van der Waals surface area (Å²) < 4.78 is 7.28. The molecule has 2 fully saturated rings. The third-order valence-corrected chi connectivity index (χ3v) is 4.99. The first-order chi connectivity index (χ1) is 11.3. The largest absolute Gasteiger partial charge is 0.379 e. The van der Waals surface area contributed by atoms with E-state index in [1.807, 2.05) is 10.9 Å². The molecule has 1 atom stereocenters. The molecular formula is C17H28N4O2. The summed E-state index contributed by atoms with van der Waals surface area (Å²) in [6.07, 6.45) is 12.1. The Morgan fingerprint density at radius 3 is 2.74 bits per heavy atom. The second-order valence-electron chi connectivity index (χ2n) is 6.79. The minimum Gasteiger partial charge on any atom is -0.379 e. The normalized spacial score (nSPS) is 23.4. The van der Waals surface area contributed by atoms with Gasteiger partial charge in [0.2, 0.25) is 5.91 Å². The van der Waals surface area contributed by atoms with Gasteiger partial charge < -0.3 is 10.1 Å². The van der Waals surface area contributed by atoms with Crippen LogP contribution in [0, 0.1) is 5.92 Å². The highest BCUT2D eigenvalue weighted by Crippen LogP contribution is 2.22. The first-order valence-corrected chi connectivity index (χ1v) is 9.09. The summed E-state index contributed by atoms with van der Waals surface area (Å²) in [4.78, 5) is 12.3. The molecule has 3 rings (SSSR count). The molecule has 0 bridgehead atoms. The van der Waals surface area contributed by atoms with Crippen LogP contribution in [0.25, 0.3) is 0 Å².